The molecular weight excluding hydrogens is 422 g/mol. The zero-order valence-electron chi connectivity index (χ0n) is 18.5. The maximum Gasteiger partial charge on any atom is 0.249 e. The van der Waals surface area contributed by atoms with Crippen LogP contribution in [0.1, 0.15) is 17.5 Å². The lowest BCUT2D eigenvalue weighted by molar-refractivity contribution is -0.125. The molecule has 0 unspecified atom stereocenters. The molecule has 0 saturated carbocycles. The lowest BCUT2D eigenvalue weighted by Gasteiger charge is -2.37. The van der Waals surface area contributed by atoms with E-state index in [0.29, 0.717) is 11.6 Å². The number of guanidine groups is 1. The van der Waals surface area contributed by atoms with Crippen molar-refractivity contribution in [3.8, 4) is 11.5 Å². The summed E-state index contributed by atoms with van der Waals surface area (Å²) in [5.41, 5.74) is 2.98. The Morgan fingerprint density at radius 1 is 1.09 bits per heavy atom. The number of hydrogen-bond donors (Lipinski definition) is 2. The number of nitrogens with zero attached hydrogens (tertiary/aromatic N) is 3. The Hall–Kier alpha value is -3.59. The van der Waals surface area contributed by atoms with Crippen LogP contribution in [0, 0.1) is 6.92 Å². The Morgan fingerprint density at radius 3 is 2.64 bits per heavy atom. The van der Waals surface area contributed by atoms with Gasteiger partial charge in [0, 0.05) is 38.4 Å². The van der Waals surface area contributed by atoms with Crippen molar-refractivity contribution in [2.24, 2.45) is 4.99 Å². The summed E-state index contributed by atoms with van der Waals surface area (Å²) in [6.07, 6.45) is 0.0469. The second kappa shape index (κ2) is 9.11. The number of benzene rings is 2. The molecule has 1 fully saturated rings. The van der Waals surface area contributed by atoms with Crippen molar-refractivity contribution >= 4 is 23.5 Å². The highest BCUT2D eigenvalue weighted by molar-refractivity contribution is 6.06. The molecule has 9 nitrogen and oxygen atoms in total. The van der Waals surface area contributed by atoms with Crippen LogP contribution >= 0.6 is 0 Å². The Morgan fingerprint density at radius 2 is 1.85 bits per heavy atom. The molecule has 3 heterocycles. The van der Waals surface area contributed by atoms with Gasteiger partial charge >= 0.3 is 0 Å². The fraction of sp³-hybridized carbons (Fsp3) is 0.375. The number of fused-ring (bicyclic) bond motifs is 1. The van der Waals surface area contributed by atoms with Crippen LogP contribution in [0.25, 0.3) is 0 Å². The number of ether oxygens (including phenoxy) is 2. The van der Waals surface area contributed by atoms with Crippen LogP contribution in [-0.4, -0.2) is 66.6 Å². The molecule has 5 rings (SSSR count). The van der Waals surface area contributed by atoms with Gasteiger partial charge in [-0.2, -0.15) is 0 Å². The number of carbonyl (C=O) groups excluding carboxylic acids is 2. The van der Waals surface area contributed by atoms with Crippen LogP contribution in [0.3, 0.4) is 0 Å². The van der Waals surface area contributed by atoms with Crippen molar-refractivity contribution in [3.63, 3.8) is 0 Å². The highest BCUT2D eigenvalue weighted by Crippen LogP contribution is 2.32. The van der Waals surface area contributed by atoms with E-state index in [2.05, 4.69) is 26.6 Å². The van der Waals surface area contributed by atoms with E-state index < -0.39 is 6.04 Å². The minimum absolute atomic E-state index is 0.0469. The first-order valence-corrected chi connectivity index (χ1v) is 11.1. The number of aryl methyl sites for hydroxylation is 1. The summed E-state index contributed by atoms with van der Waals surface area (Å²) in [6.45, 7) is 6.15. The Bertz CT molecular complexity index is 1080. The molecule has 2 aromatic rings. The van der Waals surface area contributed by atoms with E-state index in [0.717, 1.165) is 49.8 Å². The maximum absolute atomic E-state index is 12.7. The number of piperazine rings is 1. The minimum Gasteiger partial charge on any atom is -0.454 e. The molecule has 2 amide bonds. The van der Waals surface area contributed by atoms with Gasteiger partial charge in [0.05, 0.1) is 6.42 Å². The summed E-state index contributed by atoms with van der Waals surface area (Å²) in [7, 11) is 0. The largest absolute Gasteiger partial charge is 0.454 e. The third kappa shape index (κ3) is 4.93. The van der Waals surface area contributed by atoms with E-state index in [9.17, 15) is 9.59 Å². The monoisotopic (exact) mass is 449 g/mol. The van der Waals surface area contributed by atoms with E-state index in [1.807, 2.05) is 48.2 Å². The third-order valence-electron chi connectivity index (χ3n) is 6.04. The smallest absolute Gasteiger partial charge is 0.249 e. The number of aliphatic imine (C=N–C) groups is 1. The molecule has 0 aromatic heterocycles. The molecule has 2 aromatic carbocycles. The average molecular weight is 450 g/mol. The normalized spacial score (nSPS) is 20.3. The van der Waals surface area contributed by atoms with Gasteiger partial charge in [0.15, 0.2) is 11.5 Å². The molecular formula is C24H27N5O4. The Labute approximate surface area is 192 Å². The molecule has 9 heteroatoms. The molecule has 33 heavy (non-hydrogen) atoms. The lowest BCUT2D eigenvalue weighted by atomic mass is 10.1. The number of carbonyl (C=O) groups is 2. The number of hydrogen-bond acceptors (Lipinski definition) is 7. The number of amides is 2. The highest BCUT2D eigenvalue weighted by Gasteiger charge is 2.30. The molecule has 0 aliphatic carbocycles. The van der Waals surface area contributed by atoms with Gasteiger partial charge in [-0.05, 0) is 36.8 Å². The number of anilines is 1. The standard InChI is InChI=1S/C24H27N5O4/c1-16-2-5-18(6-3-16)25-23(31)19-13-22(30)27-24(26-19)29-10-8-28(9-11-29)14-17-4-7-20-21(12-17)33-15-32-20/h2-7,12,19H,8-11,13-15H2,1H3,(H,25,31)(H,26,27,30)/t19-/m1/s1. The van der Waals surface area contributed by atoms with Gasteiger partial charge in [0.25, 0.3) is 0 Å². The molecule has 3 aliphatic heterocycles. The Balaban J connectivity index is 1.18. The second-order valence-corrected chi connectivity index (χ2v) is 8.53. The SMILES string of the molecule is Cc1ccc(NC(=O)[C@H]2CC(=O)NC(N3CCN(Cc4ccc5c(c4)OCO5)CC3)=N2)cc1. The van der Waals surface area contributed by atoms with Gasteiger partial charge in [0.2, 0.25) is 24.6 Å². The fourth-order valence-electron chi connectivity index (χ4n) is 4.17. The fourth-order valence-corrected chi connectivity index (χ4v) is 4.17. The number of nitrogens with one attached hydrogen (secondary N) is 2. The van der Waals surface area contributed by atoms with Gasteiger partial charge < -0.3 is 19.7 Å². The van der Waals surface area contributed by atoms with Crippen molar-refractivity contribution in [1.82, 2.24) is 15.1 Å². The molecule has 172 valence electrons. The summed E-state index contributed by atoms with van der Waals surface area (Å²) in [6, 6.07) is 12.9. The van der Waals surface area contributed by atoms with Gasteiger partial charge in [-0.15, -0.1) is 0 Å². The first-order chi connectivity index (χ1) is 16.0. The van der Waals surface area contributed by atoms with Crippen molar-refractivity contribution in [1.29, 1.82) is 0 Å². The molecule has 1 saturated heterocycles. The predicted octanol–water partition coefficient (Wildman–Crippen LogP) is 1.72. The van der Waals surface area contributed by atoms with E-state index >= 15 is 0 Å². The van der Waals surface area contributed by atoms with Crippen molar-refractivity contribution in [2.45, 2.75) is 25.9 Å². The molecule has 3 aliphatic rings. The summed E-state index contributed by atoms with van der Waals surface area (Å²) in [5, 5.41) is 5.71. The van der Waals surface area contributed by atoms with Crippen molar-refractivity contribution in [2.75, 3.05) is 38.3 Å². The van der Waals surface area contributed by atoms with Crippen LogP contribution in [0.4, 0.5) is 5.69 Å². The van der Waals surface area contributed by atoms with Gasteiger partial charge in [-0.25, -0.2) is 4.99 Å². The average Bonchev–Trinajstić information content (AvgIpc) is 3.28. The summed E-state index contributed by atoms with van der Waals surface area (Å²) >= 11 is 0. The molecule has 1 atom stereocenters. The van der Waals surface area contributed by atoms with Gasteiger partial charge in [-0.1, -0.05) is 23.8 Å². The first kappa shape index (κ1) is 21.3. The van der Waals surface area contributed by atoms with E-state index in [-0.39, 0.29) is 25.0 Å². The van der Waals surface area contributed by atoms with Gasteiger partial charge in [0.1, 0.15) is 6.04 Å². The Kier molecular flexibility index (Phi) is 5.87. The zero-order chi connectivity index (χ0) is 22.8. The van der Waals surface area contributed by atoms with Crippen LogP contribution in [0.5, 0.6) is 11.5 Å². The molecule has 0 bridgehead atoms. The summed E-state index contributed by atoms with van der Waals surface area (Å²) < 4.78 is 10.8. The van der Waals surface area contributed by atoms with Crippen LogP contribution in [0.2, 0.25) is 0 Å². The van der Waals surface area contributed by atoms with E-state index in [1.54, 1.807) is 0 Å². The highest BCUT2D eigenvalue weighted by atomic mass is 16.7. The topological polar surface area (TPSA) is 95.5 Å². The summed E-state index contributed by atoms with van der Waals surface area (Å²) in [4.78, 5) is 34.0. The lowest BCUT2D eigenvalue weighted by Crippen LogP contribution is -2.56. The third-order valence-corrected chi connectivity index (χ3v) is 6.04. The molecule has 0 radical (unpaired) electrons. The second-order valence-electron chi connectivity index (χ2n) is 8.53. The maximum atomic E-state index is 12.7. The van der Waals surface area contributed by atoms with Crippen LogP contribution in [-0.2, 0) is 16.1 Å². The van der Waals surface area contributed by atoms with Crippen LogP contribution < -0.4 is 20.1 Å². The van der Waals surface area contributed by atoms with Crippen molar-refractivity contribution in [3.05, 3.63) is 53.6 Å². The van der Waals surface area contributed by atoms with E-state index in [1.165, 1.54) is 5.56 Å². The number of rotatable bonds is 4. The predicted molar refractivity (Wildman–Crippen MR) is 123 cm³/mol. The van der Waals surface area contributed by atoms with Crippen LogP contribution in [0.15, 0.2) is 47.5 Å². The van der Waals surface area contributed by atoms with Crippen molar-refractivity contribution < 1.29 is 19.1 Å². The van der Waals surface area contributed by atoms with Gasteiger partial charge in [-0.3, -0.25) is 19.8 Å². The molecule has 0 spiro atoms. The quantitative estimate of drug-likeness (QED) is 0.738. The molecule has 2 N–H and O–H groups in total. The summed E-state index contributed by atoms with van der Waals surface area (Å²) in [5.74, 6) is 1.61. The van der Waals surface area contributed by atoms with E-state index in [4.69, 9.17) is 9.47 Å². The zero-order valence-corrected chi connectivity index (χ0v) is 18.5. The first-order valence-electron chi connectivity index (χ1n) is 11.1. The minimum atomic E-state index is -0.735.